The lowest BCUT2D eigenvalue weighted by Crippen LogP contribution is -2.26. The van der Waals surface area contributed by atoms with E-state index < -0.39 is 16.1 Å². The highest BCUT2D eigenvalue weighted by Gasteiger charge is 2.21. The van der Waals surface area contributed by atoms with Crippen LogP contribution in [0.2, 0.25) is 5.02 Å². The van der Waals surface area contributed by atoms with Crippen molar-refractivity contribution in [3.8, 4) is 16.9 Å². The third-order valence-corrected chi connectivity index (χ3v) is 6.75. The molecule has 0 saturated heterocycles. The van der Waals surface area contributed by atoms with Gasteiger partial charge in [0, 0.05) is 18.0 Å². The number of rotatable bonds is 9. The van der Waals surface area contributed by atoms with Crippen LogP contribution in [0.1, 0.15) is 22.8 Å². The van der Waals surface area contributed by atoms with Crippen LogP contribution in [0.3, 0.4) is 0 Å². The lowest BCUT2D eigenvalue weighted by molar-refractivity contribution is 0.172. The molecule has 0 heterocycles. The number of sulfonamides is 1. The first-order valence-corrected chi connectivity index (χ1v) is 13.2. The molecule has 174 valence electrons. The number of aliphatic hydroxyl groups is 1. The Labute approximate surface area is 204 Å². The summed E-state index contributed by atoms with van der Waals surface area (Å²) in [7, 11) is -3.47. The maximum Gasteiger partial charge on any atom is 0.229 e. The summed E-state index contributed by atoms with van der Waals surface area (Å²) in [6.07, 6.45) is 1.10. The van der Waals surface area contributed by atoms with E-state index in [1.54, 1.807) is 12.1 Å². The molecule has 3 aromatic carbocycles. The van der Waals surface area contributed by atoms with Crippen LogP contribution in [0, 0.1) is 0 Å². The van der Waals surface area contributed by atoms with Crippen LogP contribution in [-0.4, -0.2) is 39.5 Å². The largest absolute Gasteiger partial charge is 0.492 e. The minimum atomic E-state index is -3.47. The number of halogens is 1. The molecule has 0 bridgehead atoms. The standard InChI is InChI=1S/C24H25ClN2O4S2/c1-33(29,30)27-22-11-16(6-7-21(22)25)23(28)14-26-8-9-31-17-12-19-18-5-3-2-4-15(18)10-20(19)24(32)13-17/h2-7,11-13,23,26-28,32H,8-10,14H2,1H3. The van der Waals surface area contributed by atoms with E-state index in [0.29, 0.717) is 18.7 Å². The van der Waals surface area contributed by atoms with Gasteiger partial charge in [0.15, 0.2) is 0 Å². The van der Waals surface area contributed by atoms with Gasteiger partial charge in [-0.1, -0.05) is 41.9 Å². The number of benzene rings is 3. The van der Waals surface area contributed by atoms with Crippen LogP contribution in [0.25, 0.3) is 11.1 Å². The monoisotopic (exact) mass is 504 g/mol. The molecule has 3 aromatic rings. The Morgan fingerprint density at radius 1 is 1.15 bits per heavy atom. The molecule has 1 unspecified atom stereocenters. The normalized spacial score (nSPS) is 13.3. The fourth-order valence-electron chi connectivity index (χ4n) is 3.89. The van der Waals surface area contributed by atoms with Gasteiger partial charge >= 0.3 is 0 Å². The third-order valence-electron chi connectivity index (χ3n) is 5.43. The van der Waals surface area contributed by atoms with Gasteiger partial charge in [-0.2, -0.15) is 0 Å². The molecule has 0 fully saturated rings. The minimum absolute atomic E-state index is 0.236. The molecule has 0 spiro atoms. The molecule has 0 saturated carbocycles. The molecule has 0 aliphatic heterocycles. The number of anilines is 1. The molecule has 9 heteroatoms. The minimum Gasteiger partial charge on any atom is -0.492 e. The van der Waals surface area contributed by atoms with Gasteiger partial charge in [-0.05, 0) is 58.5 Å². The lowest BCUT2D eigenvalue weighted by Gasteiger charge is -2.15. The van der Waals surface area contributed by atoms with Crippen molar-refractivity contribution in [1.82, 2.24) is 5.32 Å². The van der Waals surface area contributed by atoms with Crippen LogP contribution in [0.4, 0.5) is 5.69 Å². The average Bonchev–Trinajstić information content (AvgIpc) is 3.13. The van der Waals surface area contributed by atoms with Crippen molar-refractivity contribution >= 4 is 39.9 Å². The second-order valence-electron chi connectivity index (χ2n) is 7.98. The van der Waals surface area contributed by atoms with Crippen LogP contribution in [0.15, 0.2) is 59.5 Å². The van der Waals surface area contributed by atoms with Crippen LogP contribution < -0.4 is 14.8 Å². The zero-order chi connectivity index (χ0) is 23.6. The molecule has 0 aromatic heterocycles. The van der Waals surface area contributed by atoms with Crippen molar-refractivity contribution in [1.29, 1.82) is 0 Å². The molecule has 1 atom stereocenters. The summed E-state index contributed by atoms with van der Waals surface area (Å²) in [6, 6.07) is 17.1. The van der Waals surface area contributed by atoms with Crippen LogP contribution in [-0.2, 0) is 16.4 Å². The van der Waals surface area contributed by atoms with E-state index in [4.69, 9.17) is 16.3 Å². The molecule has 3 N–H and O–H groups in total. The Hall–Kier alpha value is -2.23. The van der Waals surface area contributed by atoms with Crippen molar-refractivity contribution in [2.45, 2.75) is 17.4 Å². The predicted octanol–water partition coefficient (Wildman–Crippen LogP) is 4.27. The van der Waals surface area contributed by atoms with Crippen molar-refractivity contribution in [3.63, 3.8) is 0 Å². The van der Waals surface area contributed by atoms with E-state index in [0.717, 1.165) is 28.9 Å². The maximum atomic E-state index is 11.5. The quantitative estimate of drug-likeness (QED) is 0.202. The van der Waals surface area contributed by atoms with E-state index in [-0.39, 0.29) is 17.3 Å². The van der Waals surface area contributed by atoms with Crippen molar-refractivity contribution in [3.05, 3.63) is 76.3 Å². The topological polar surface area (TPSA) is 87.7 Å². The number of ether oxygens (including phenoxy) is 1. The van der Waals surface area contributed by atoms with E-state index in [1.807, 2.05) is 18.2 Å². The van der Waals surface area contributed by atoms with Gasteiger partial charge in [-0.15, -0.1) is 12.6 Å². The number of fused-ring (bicyclic) bond motifs is 3. The molecule has 1 aliphatic rings. The van der Waals surface area contributed by atoms with Gasteiger partial charge < -0.3 is 15.2 Å². The van der Waals surface area contributed by atoms with Gasteiger partial charge in [-0.25, -0.2) is 8.42 Å². The summed E-state index contributed by atoms with van der Waals surface area (Å²) in [5.74, 6) is 0.756. The first-order valence-electron chi connectivity index (χ1n) is 10.4. The second kappa shape index (κ2) is 9.95. The molecule has 0 radical (unpaired) electrons. The maximum absolute atomic E-state index is 11.5. The Morgan fingerprint density at radius 3 is 2.73 bits per heavy atom. The van der Waals surface area contributed by atoms with Gasteiger partial charge in [0.1, 0.15) is 12.4 Å². The van der Waals surface area contributed by atoms with Crippen LogP contribution in [0.5, 0.6) is 5.75 Å². The first-order chi connectivity index (χ1) is 15.7. The number of hydrogen-bond donors (Lipinski definition) is 4. The average molecular weight is 505 g/mol. The fourth-order valence-corrected chi connectivity index (χ4v) is 5.01. The zero-order valence-electron chi connectivity index (χ0n) is 18.0. The second-order valence-corrected chi connectivity index (χ2v) is 10.6. The molecule has 1 aliphatic carbocycles. The number of thiol groups is 1. The predicted molar refractivity (Wildman–Crippen MR) is 135 cm³/mol. The molecule has 6 nitrogen and oxygen atoms in total. The van der Waals surface area contributed by atoms with Crippen molar-refractivity contribution < 1.29 is 18.3 Å². The van der Waals surface area contributed by atoms with Crippen molar-refractivity contribution in [2.24, 2.45) is 0 Å². The molecule has 0 amide bonds. The summed E-state index contributed by atoms with van der Waals surface area (Å²) in [6.45, 7) is 1.22. The van der Waals surface area contributed by atoms with E-state index in [1.165, 1.54) is 22.8 Å². The summed E-state index contributed by atoms with van der Waals surface area (Å²) < 4.78 is 31.2. The number of hydrogen-bond acceptors (Lipinski definition) is 6. The summed E-state index contributed by atoms with van der Waals surface area (Å²) in [5, 5.41) is 13.9. The van der Waals surface area contributed by atoms with Crippen molar-refractivity contribution in [2.75, 3.05) is 30.7 Å². The SMILES string of the molecule is CS(=O)(=O)Nc1cc(C(O)CNCCOc2cc(S)c3c(c2)-c2ccccc2C3)ccc1Cl. The summed E-state index contributed by atoms with van der Waals surface area (Å²) >= 11 is 10.7. The highest BCUT2D eigenvalue weighted by atomic mass is 35.5. The van der Waals surface area contributed by atoms with Gasteiger partial charge in [0.2, 0.25) is 10.0 Å². The molecular weight excluding hydrogens is 480 g/mol. The van der Waals surface area contributed by atoms with Gasteiger partial charge in [0.25, 0.3) is 0 Å². The molecule has 4 rings (SSSR count). The molecule has 33 heavy (non-hydrogen) atoms. The fraction of sp³-hybridized carbons (Fsp3) is 0.250. The Morgan fingerprint density at radius 2 is 1.94 bits per heavy atom. The number of nitrogens with one attached hydrogen (secondary N) is 2. The van der Waals surface area contributed by atoms with Crippen LogP contribution >= 0.6 is 24.2 Å². The highest BCUT2D eigenvalue weighted by Crippen LogP contribution is 2.41. The Bertz CT molecular complexity index is 1280. The van der Waals surface area contributed by atoms with E-state index in [9.17, 15) is 13.5 Å². The number of aliphatic hydroxyl groups excluding tert-OH is 1. The van der Waals surface area contributed by atoms with Gasteiger partial charge in [-0.3, -0.25) is 4.72 Å². The highest BCUT2D eigenvalue weighted by molar-refractivity contribution is 7.92. The Balaban J connectivity index is 1.30. The zero-order valence-corrected chi connectivity index (χ0v) is 20.5. The van der Waals surface area contributed by atoms with E-state index in [2.05, 4.69) is 40.9 Å². The Kier molecular flexibility index (Phi) is 7.21. The third kappa shape index (κ3) is 5.83. The van der Waals surface area contributed by atoms with Gasteiger partial charge in [0.05, 0.1) is 23.1 Å². The lowest BCUT2D eigenvalue weighted by atomic mass is 10.1. The molecular formula is C24H25ClN2O4S2. The smallest absolute Gasteiger partial charge is 0.229 e. The first kappa shape index (κ1) is 23.9. The van der Waals surface area contributed by atoms with E-state index >= 15 is 0 Å². The summed E-state index contributed by atoms with van der Waals surface area (Å²) in [4.78, 5) is 0.920. The summed E-state index contributed by atoms with van der Waals surface area (Å²) in [5.41, 5.74) is 5.70.